The third-order valence-corrected chi connectivity index (χ3v) is 3.12. The fourth-order valence-electron chi connectivity index (χ4n) is 1.54. The molecule has 0 amide bonds. The molecule has 0 bridgehead atoms. The fourth-order valence-corrected chi connectivity index (χ4v) is 1.54. The van der Waals surface area contributed by atoms with Gasteiger partial charge in [-0.3, -0.25) is 0 Å². The van der Waals surface area contributed by atoms with Gasteiger partial charge in [-0.1, -0.05) is 13.8 Å². The van der Waals surface area contributed by atoms with Crippen molar-refractivity contribution in [2.45, 2.75) is 57.7 Å². The van der Waals surface area contributed by atoms with Gasteiger partial charge in [-0.2, -0.15) is 10.2 Å². The molecule has 1 rings (SSSR count). The summed E-state index contributed by atoms with van der Waals surface area (Å²) in [5.74, 6) is 0. The zero-order chi connectivity index (χ0) is 9.41. The summed E-state index contributed by atoms with van der Waals surface area (Å²) in [6.45, 7) is 7.98. The SMILES string of the molecule is CC[C@]1(C)N=N[C@@](C)(CC)C1O. The van der Waals surface area contributed by atoms with Crippen molar-refractivity contribution in [2.24, 2.45) is 10.2 Å². The first-order valence-electron chi connectivity index (χ1n) is 4.60. The van der Waals surface area contributed by atoms with Gasteiger partial charge in [0.1, 0.15) is 17.2 Å². The second-order valence-corrected chi connectivity index (χ2v) is 4.02. The molecule has 0 aliphatic carbocycles. The lowest BCUT2D eigenvalue weighted by Gasteiger charge is -2.30. The molecule has 0 radical (unpaired) electrons. The van der Waals surface area contributed by atoms with Gasteiger partial charge in [-0.25, -0.2) is 0 Å². The Kier molecular flexibility index (Phi) is 2.25. The molecule has 0 aromatic rings. The van der Waals surface area contributed by atoms with Crippen LogP contribution < -0.4 is 0 Å². The highest BCUT2D eigenvalue weighted by Crippen LogP contribution is 2.39. The van der Waals surface area contributed by atoms with Gasteiger partial charge < -0.3 is 5.11 Å². The van der Waals surface area contributed by atoms with Crippen molar-refractivity contribution >= 4 is 0 Å². The van der Waals surface area contributed by atoms with Crippen LogP contribution in [-0.4, -0.2) is 22.3 Å². The van der Waals surface area contributed by atoms with Crippen LogP contribution in [0.3, 0.4) is 0 Å². The molecule has 2 atom stereocenters. The van der Waals surface area contributed by atoms with Crippen molar-refractivity contribution in [3.05, 3.63) is 0 Å². The molecule has 1 heterocycles. The number of rotatable bonds is 2. The molecule has 1 aliphatic heterocycles. The fraction of sp³-hybridized carbons (Fsp3) is 1.00. The van der Waals surface area contributed by atoms with Crippen molar-refractivity contribution in [3.8, 4) is 0 Å². The second-order valence-electron chi connectivity index (χ2n) is 4.02. The second kappa shape index (κ2) is 2.80. The van der Waals surface area contributed by atoms with Crippen LogP contribution in [0.2, 0.25) is 0 Å². The van der Waals surface area contributed by atoms with Gasteiger partial charge in [-0.15, -0.1) is 0 Å². The van der Waals surface area contributed by atoms with Crippen molar-refractivity contribution in [1.82, 2.24) is 0 Å². The van der Waals surface area contributed by atoms with Gasteiger partial charge in [0.15, 0.2) is 0 Å². The van der Waals surface area contributed by atoms with Crippen LogP contribution in [0.4, 0.5) is 0 Å². The van der Waals surface area contributed by atoms with Crippen LogP contribution in [0.5, 0.6) is 0 Å². The Bertz CT molecular complexity index is 185. The highest BCUT2D eigenvalue weighted by Gasteiger charge is 2.48. The summed E-state index contributed by atoms with van der Waals surface area (Å²) in [7, 11) is 0. The molecule has 70 valence electrons. The molecule has 0 aromatic carbocycles. The number of aliphatic hydroxyl groups excluding tert-OH is 1. The van der Waals surface area contributed by atoms with Crippen LogP contribution in [0, 0.1) is 0 Å². The van der Waals surface area contributed by atoms with E-state index in [0.29, 0.717) is 0 Å². The molecular formula is C9H18N2O. The zero-order valence-corrected chi connectivity index (χ0v) is 8.33. The minimum atomic E-state index is -0.431. The number of hydrogen-bond acceptors (Lipinski definition) is 3. The molecule has 0 saturated heterocycles. The summed E-state index contributed by atoms with van der Waals surface area (Å²) in [6, 6.07) is 0. The van der Waals surface area contributed by atoms with Gasteiger partial charge in [0.25, 0.3) is 0 Å². The van der Waals surface area contributed by atoms with E-state index in [1.54, 1.807) is 0 Å². The molecule has 1 N–H and O–H groups in total. The van der Waals surface area contributed by atoms with Gasteiger partial charge in [0.05, 0.1) is 0 Å². The minimum absolute atomic E-state index is 0.356. The standard InChI is InChI=1S/C9H18N2O/c1-5-8(3)7(12)9(4,6-2)11-10-8/h7,12H,5-6H2,1-4H3/t8-,9-/m0/s1. The summed E-state index contributed by atoms with van der Waals surface area (Å²) < 4.78 is 0. The Hall–Kier alpha value is -0.440. The minimum Gasteiger partial charge on any atom is -0.388 e. The lowest BCUT2D eigenvalue weighted by molar-refractivity contribution is 0.0555. The van der Waals surface area contributed by atoms with Crippen molar-refractivity contribution in [1.29, 1.82) is 0 Å². The molecule has 0 saturated carbocycles. The first kappa shape index (κ1) is 9.65. The lowest BCUT2D eigenvalue weighted by Crippen LogP contribution is -2.46. The molecule has 0 spiro atoms. The van der Waals surface area contributed by atoms with E-state index in [9.17, 15) is 5.11 Å². The highest BCUT2D eigenvalue weighted by atomic mass is 16.3. The normalized spacial score (nSPS) is 42.4. The largest absolute Gasteiger partial charge is 0.388 e. The maximum Gasteiger partial charge on any atom is 0.107 e. The Balaban J connectivity index is 2.88. The van der Waals surface area contributed by atoms with Gasteiger partial charge in [-0.05, 0) is 26.7 Å². The third kappa shape index (κ3) is 1.16. The van der Waals surface area contributed by atoms with E-state index in [4.69, 9.17) is 0 Å². The van der Waals surface area contributed by atoms with Gasteiger partial charge >= 0.3 is 0 Å². The van der Waals surface area contributed by atoms with Crippen LogP contribution in [0.1, 0.15) is 40.5 Å². The van der Waals surface area contributed by atoms with E-state index < -0.39 is 6.10 Å². The van der Waals surface area contributed by atoms with E-state index in [1.807, 2.05) is 27.7 Å². The topological polar surface area (TPSA) is 45.0 Å². The molecule has 0 unspecified atom stereocenters. The lowest BCUT2D eigenvalue weighted by atomic mass is 9.81. The average Bonchev–Trinajstić information content (AvgIpc) is 2.32. The van der Waals surface area contributed by atoms with Crippen LogP contribution in [0.15, 0.2) is 10.2 Å². The quantitative estimate of drug-likeness (QED) is 0.678. The van der Waals surface area contributed by atoms with Crippen molar-refractivity contribution in [3.63, 3.8) is 0 Å². The third-order valence-electron chi connectivity index (χ3n) is 3.12. The molecule has 0 aromatic heterocycles. The first-order chi connectivity index (χ1) is 5.48. The first-order valence-corrected chi connectivity index (χ1v) is 4.60. The van der Waals surface area contributed by atoms with Crippen molar-refractivity contribution in [2.75, 3.05) is 0 Å². The summed E-state index contributed by atoms with van der Waals surface area (Å²) in [4.78, 5) is 0. The zero-order valence-electron chi connectivity index (χ0n) is 8.33. The Morgan fingerprint density at radius 3 is 1.58 bits per heavy atom. The van der Waals surface area contributed by atoms with Gasteiger partial charge in [0, 0.05) is 0 Å². The molecule has 3 heteroatoms. The average molecular weight is 170 g/mol. The number of azo groups is 1. The summed E-state index contributed by atoms with van der Waals surface area (Å²) in [5, 5.41) is 18.3. The summed E-state index contributed by atoms with van der Waals surface area (Å²) >= 11 is 0. The van der Waals surface area contributed by atoms with E-state index in [2.05, 4.69) is 10.2 Å². The maximum absolute atomic E-state index is 9.98. The Labute approximate surface area is 73.9 Å². The van der Waals surface area contributed by atoms with Crippen molar-refractivity contribution < 1.29 is 5.11 Å². The van der Waals surface area contributed by atoms with E-state index in [-0.39, 0.29) is 11.1 Å². The molecule has 3 nitrogen and oxygen atoms in total. The van der Waals surface area contributed by atoms with E-state index in [1.165, 1.54) is 0 Å². The highest BCUT2D eigenvalue weighted by molar-refractivity contribution is 5.07. The monoisotopic (exact) mass is 170 g/mol. The summed E-state index contributed by atoms with van der Waals surface area (Å²) in [6.07, 6.45) is 1.25. The van der Waals surface area contributed by atoms with Gasteiger partial charge in [0.2, 0.25) is 0 Å². The molecule has 1 aliphatic rings. The predicted octanol–water partition coefficient (Wildman–Crippen LogP) is 2.15. The van der Waals surface area contributed by atoms with Crippen LogP contribution >= 0.6 is 0 Å². The maximum atomic E-state index is 9.98. The van der Waals surface area contributed by atoms with E-state index in [0.717, 1.165) is 12.8 Å². The molecule has 0 fully saturated rings. The van der Waals surface area contributed by atoms with Crippen LogP contribution in [0.25, 0.3) is 0 Å². The number of hydrogen-bond donors (Lipinski definition) is 1. The Morgan fingerprint density at radius 1 is 1.08 bits per heavy atom. The molecule has 12 heavy (non-hydrogen) atoms. The van der Waals surface area contributed by atoms with E-state index >= 15 is 0 Å². The number of nitrogens with zero attached hydrogens (tertiary/aromatic N) is 2. The Morgan fingerprint density at radius 2 is 1.42 bits per heavy atom. The number of aliphatic hydroxyl groups is 1. The predicted molar refractivity (Wildman–Crippen MR) is 48.3 cm³/mol. The summed E-state index contributed by atoms with van der Waals surface area (Å²) in [5.41, 5.74) is -0.713. The van der Waals surface area contributed by atoms with Crippen LogP contribution in [-0.2, 0) is 0 Å². The molecular weight excluding hydrogens is 152 g/mol. The smallest absolute Gasteiger partial charge is 0.107 e.